The summed E-state index contributed by atoms with van der Waals surface area (Å²) in [5.74, 6) is -1.49. The molecular formula is C17H26F2N6O. The molecule has 2 heterocycles. The van der Waals surface area contributed by atoms with Crippen molar-refractivity contribution in [2.24, 2.45) is 0 Å². The van der Waals surface area contributed by atoms with Crippen LogP contribution in [-0.2, 0) is 6.54 Å². The minimum Gasteiger partial charge on any atom is -0.384 e. The van der Waals surface area contributed by atoms with Gasteiger partial charge >= 0.3 is 6.03 Å². The number of nitrogen functional groups attached to an aromatic ring is 1. The monoisotopic (exact) mass is 368 g/mol. The minimum atomic E-state index is -2.58. The van der Waals surface area contributed by atoms with Crippen LogP contribution in [0.25, 0.3) is 0 Å². The Balaban J connectivity index is 1.46. The third kappa shape index (κ3) is 4.78. The number of alkyl halides is 2. The summed E-state index contributed by atoms with van der Waals surface area (Å²) >= 11 is 0. The van der Waals surface area contributed by atoms with E-state index in [4.69, 9.17) is 5.73 Å². The topological polar surface area (TPSA) is 87.4 Å². The first-order chi connectivity index (χ1) is 12.3. The number of urea groups is 1. The number of anilines is 1. The highest BCUT2D eigenvalue weighted by Crippen LogP contribution is 2.33. The van der Waals surface area contributed by atoms with Crippen molar-refractivity contribution in [1.29, 1.82) is 0 Å². The van der Waals surface area contributed by atoms with Crippen LogP contribution in [0.15, 0.2) is 12.3 Å². The lowest BCUT2D eigenvalue weighted by Gasteiger charge is -2.30. The van der Waals surface area contributed by atoms with Gasteiger partial charge in [-0.1, -0.05) is 0 Å². The van der Waals surface area contributed by atoms with E-state index in [9.17, 15) is 13.6 Å². The third-order valence-electron chi connectivity index (χ3n) is 5.24. The van der Waals surface area contributed by atoms with Crippen molar-refractivity contribution in [2.45, 2.75) is 56.7 Å². The molecule has 0 spiro atoms. The van der Waals surface area contributed by atoms with Gasteiger partial charge in [0.2, 0.25) is 5.92 Å². The van der Waals surface area contributed by atoms with Crippen molar-refractivity contribution >= 4 is 11.8 Å². The molecule has 1 aromatic heterocycles. The number of rotatable bonds is 4. The quantitative estimate of drug-likeness (QED) is 0.847. The molecule has 1 saturated carbocycles. The fourth-order valence-electron chi connectivity index (χ4n) is 3.58. The number of aromatic nitrogens is 2. The van der Waals surface area contributed by atoms with Crippen molar-refractivity contribution in [3.8, 4) is 0 Å². The molecule has 9 heteroatoms. The number of likely N-dealkylation sites (tertiary alicyclic amines) is 1. The van der Waals surface area contributed by atoms with Crippen molar-refractivity contribution in [1.82, 2.24) is 25.1 Å². The summed E-state index contributed by atoms with van der Waals surface area (Å²) in [5, 5.41) is 2.91. The lowest BCUT2D eigenvalue weighted by Crippen LogP contribution is -2.47. The molecule has 1 saturated heterocycles. The number of halogens is 2. The molecule has 144 valence electrons. The molecule has 1 aliphatic carbocycles. The van der Waals surface area contributed by atoms with Gasteiger partial charge in [0.05, 0.1) is 6.54 Å². The molecular weight excluding hydrogens is 342 g/mol. The van der Waals surface area contributed by atoms with Crippen LogP contribution >= 0.6 is 0 Å². The summed E-state index contributed by atoms with van der Waals surface area (Å²) in [6.07, 6.45) is 2.86. The summed E-state index contributed by atoms with van der Waals surface area (Å²) < 4.78 is 26.4. The van der Waals surface area contributed by atoms with Crippen LogP contribution in [-0.4, -0.2) is 63.9 Å². The van der Waals surface area contributed by atoms with Crippen molar-refractivity contribution in [3.05, 3.63) is 18.1 Å². The summed E-state index contributed by atoms with van der Waals surface area (Å²) in [5.41, 5.74) is 5.68. The fourth-order valence-corrected chi connectivity index (χ4v) is 3.58. The maximum absolute atomic E-state index is 13.2. The highest BCUT2D eigenvalue weighted by atomic mass is 19.3. The fraction of sp³-hybridized carbons (Fsp3) is 0.706. The average Bonchev–Trinajstić information content (AvgIpc) is 3.07. The number of nitrogens with two attached hydrogens (primary N) is 1. The molecule has 7 nitrogen and oxygen atoms in total. The number of nitrogens with zero attached hydrogens (tertiary/aromatic N) is 4. The zero-order valence-corrected chi connectivity index (χ0v) is 15.0. The molecule has 1 aromatic rings. The van der Waals surface area contributed by atoms with Crippen molar-refractivity contribution in [2.75, 3.05) is 25.9 Å². The molecule has 0 bridgehead atoms. The maximum Gasteiger partial charge on any atom is 0.317 e. The number of nitrogens with one attached hydrogen (secondary N) is 1. The summed E-state index contributed by atoms with van der Waals surface area (Å²) in [4.78, 5) is 24.7. The molecule has 0 aromatic carbocycles. The highest BCUT2D eigenvalue weighted by Gasteiger charge is 2.36. The molecule has 0 unspecified atom stereocenters. The molecule has 3 rings (SSSR count). The summed E-state index contributed by atoms with van der Waals surface area (Å²) in [6, 6.07) is 1.55. The van der Waals surface area contributed by atoms with E-state index in [0.29, 0.717) is 44.1 Å². The molecule has 0 radical (unpaired) electrons. The van der Waals surface area contributed by atoms with E-state index < -0.39 is 5.92 Å². The van der Waals surface area contributed by atoms with E-state index in [1.54, 1.807) is 17.2 Å². The standard InChI is InChI=1S/C17H26F2N6O/c1-24(11-15-21-8-4-14(20)23-15)13-5-9-25(10-13)16(26)22-12-2-6-17(18,19)7-3-12/h4,8,12-13H,2-3,5-7,9-11H2,1H3,(H,22,26)(H2,20,21,23)/t13-/m1/s1. The van der Waals surface area contributed by atoms with Crippen LogP contribution in [0, 0.1) is 0 Å². The number of carbonyl (C=O) groups is 1. The number of hydrogen-bond acceptors (Lipinski definition) is 5. The van der Waals surface area contributed by atoms with E-state index in [1.807, 2.05) is 7.05 Å². The van der Waals surface area contributed by atoms with E-state index in [1.165, 1.54) is 0 Å². The molecule has 1 aliphatic heterocycles. The van der Waals surface area contributed by atoms with Crippen LogP contribution in [0.4, 0.5) is 19.4 Å². The zero-order valence-electron chi connectivity index (χ0n) is 15.0. The van der Waals surface area contributed by atoms with E-state index in [2.05, 4.69) is 20.2 Å². The maximum atomic E-state index is 13.2. The Labute approximate surface area is 152 Å². The zero-order chi connectivity index (χ0) is 18.7. The third-order valence-corrected chi connectivity index (χ3v) is 5.24. The summed E-state index contributed by atoms with van der Waals surface area (Å²) in [7, 11) is 1.97. The second kappa shape index (κ2) is 7.69. The van der Waals surface area contributed by atoms with Crippen LogP contribution < -0.4 is 11.1 Å². The predicted octanol–water partition coefficient (Wildman–Crippen LogP) is 1.85. The van der Waals surface area contributed by atoms with Crippen LogP contribution in [0.2, 0.25) is 0 Å². The second-order valence-corrected chi connectivity index (χ2v) is 7.28. The normalized spacial score (nSPS) is 23.4. The first kappa shape index (κ1) is 18.8. The summed E-state index contributed by atoms with van der Waals surface area (Å²) in [6.45, 7) is 1.82. The lowest BCUT2D eigenvalue weighted by molar-refractivity contribution is -0.0397. The van der Waals surface area contributed by atoms with Crippen LogP contribution in [0.5, 0.6) is 0 Å². The van der Waals surface area contributed by atoms with E-state index in [0.717, 1.165) is 6.42 Å². The highest BCUT2D eigenvalue weighted by molar-refractivity contribution is 5.74. The number of carbonyl (C=O) groups excluding carboxylic acids is 1. The van der Waals surface area contributed by atoms with Gasteiger partial charge in [-0.2, -0.15) is 0 Å². The van der Waals surface area contributed by atoms with Gasteiger partial charge in [0, 0.05) is 44.2 Å². The largest absolute Gasteiger partial charge is 0.384 e. The lowest BCUT2D eigenvalue weighted by atomic mass is 9.92. The minimum absolute atomic E-state index is 0.149. The van der Waals surface area contributed by atoms with E-state index in [-0.39, 0.29) is 31.0 Å². The molecule has 2 aliphatic rings. The average molecular weight is 368 g/mol. The Hall–Kier alpha value is -2.03. The Morgan fingerprint density at radius 3 is 2.85 bits per heavy atom. The molecule has 1 atom stereocenters. The molecule has 2 amide bonds. The first-order valence-electron chi connectivity index (χ1n) is 9.03. The van der Waals surface area contributed by atoms with Crippen molar-refractivity contribution in [3.63, 3.8) is 0 Å². The van der Waals surface area contributed by atoms with Crippen LogP contribution in [0.3, 0.4) is 0 Å². The van der Waals surface area contributed by atoms with Gasteiger partial charge in [0.15, 0.2) is 0 Å². The van der Waals surface area contributed by atoms with Gasteiger partial charge in [-0.3, -0.25) is 4.90 Å². The smallest absolute Gasteiger partial charge is 0.317 e. The van der Waals surface area contributed by atoms with Gasteiger partial charge in [-0.25, -0.2) is 23.5 Å². The molecule has 26 heavy (non-hydrogen) atoms. The Bertz CT molecular complexity index is 633. The number of amides is 2. The van der Waals surface area contributed by atoms with E-state index >= 15 is 0 Å². The molecule has 2 fully saturated rings. The number of likely N-dealkylation sites (N-methyl/N-ethyl adjacent to an activating group) is 1. The first-order valence-corrected chi connectivity index (χ1v) is 9.03. The SMILES string of the molecule is CN(Cc1nccc(N)n1)[C@@H]1CCN(C(=O)NC2CCC(F)(F)CC2)C1. The van der Waals surface area contributed by atoms with Gasteiger partial charge < -0.3 is 16.0 Å². The van der Waals surface area contributed by atoms with Gasteiger partial charge in [-0.15, -0.1) is 0 Å². The van der Waals surface area contributed by atoms with Gasteiger partial charge in [0.1, 0.15) is 11.6 Å². The Morgan fingerprint density at radius 1 is 1.42 bits per heavy atom. The van der Waals surface area contributed by atoms with Crippen LogP contribution in [0.1, 0.15) is 37.9 Å². The number of hydrogen-bond donors (Lipinski definition) is 2. The van der Waals surface area contributed by atoms with Crippen molar-refractivity contribution < 1.29 is 13.6 Å². The van der Waals surface area contributed by atoms with Gasteiger partial charge in [0.25, 0.3) is 0 Å². The van der Waals surface area contributed by atoms with Gasteiger partial charge in [-0.05, 0) is 32.4 Å². The Kier molecular flexibility index (Phi) is 5.55. The molecule has 3 N–H and O–H groups in total. The second-order valence-electron chi connectivity index (χ2n) is 7.28. The predicted molar refractivity (Wildman–Crippen MR) is 93.6 cm³/mol. The Morgan fingerprint density at radius 2 is 2.15 bits per heavy atom.